The van der Waals surface area contributed by atoms with Crippen LogP contribution in [0.15, 0.2) is 97.1 Å². The molecule has 0 unspecified atom stereocenters. The molecule has 48 heavy (non-hydrogen) atoms. The molecule has 4 aromatic rings. The van der Waals surface area contributed by atoms with Crippen LogP contribution in [-0.2, 0) is 19.2 Å². The fraction of sp³-hybridized carbons (Fsp3) is 0.216. The third-order valence-electron chi connectivity index (χ3n) is 7.92. The fourth-order valence-corrected chi connectivity index (χ4v) is 4.86. The lowest BCUT2D eigenvalue weighted by molar-refractivity contribution is -0.174. The number of hydroxylamine groups is 2. The van der Waals surface area contributed by atoms with E-state index in [-0.39, 0.29) is 42.1 Å². The van der Waals surface area contributed by atoms with E-state index in [2.05, 4.69) is 15.5 Å². The molecular formula is C37H33N3O8. The highest BCUT2D eigenvalue weighted by Crippen LogP contribution is 2.31. The number of nitrogens with one attached hydrogen (secondary N) is 2. The normalized spacial score (nSPS) is 15.2. The molecule has 0 bridgehead atoms. The van der Waals surface area contributed by atoms with Gasteiger partial charge in [-0.25, -0.2) is 4.79 Å². The van der Waals surface area contributed by atoms with Crippen LogP contribution in [0.25, 0.3) is 22.3 Å². The van der Waals surface area contributed by atoms with Crippen LogP contribution in [-0.4, -0.2) is 46.0 Å². The molecule has 244 valence electrons. The molecule has 1 heterocycles. The van der Waals surface area contributed by atoms with Crippen LogP contribution in [0.5, 0.6) is 11.5 Å². The first-order valence-electron chi connectivity index (χ1n) is 15.7. The Morgan fingerprint density at radius 2 is 1.17 bits per heavy atom. The maximum Gasteiger partial charge on any atom is 0.539 e. The van der Waals surface area contributed by atoms with Crippen LogP contribution in [0.1, 0.15) is 48.9 Å². The maximum atomic E-state index is 11.8. The molecule has 0 spiro atoms. The topological polar surface area (TPSA) is 151 Å². The molecule has 1 aliphatic heterocycles. The first-order valence-corrected chi connectivity index (χ1v) is 15.7. The number of anilines is 1. The maximum absolute atomic E-state index is 11.8. The lowest BCUT2D eigenvalue weighted by atomic mass is 10.0. The molecule has 11 nitrogen and oxygen atoms in total. The van der Waals surface area contributed by atoms with Gasteiger partial charge >= 0.3 is 6.16 Å². The third kappa shape index (κ3) is 8.43. The Bertz CT molecular complexity index is 1800. The van der Waals surface area contributed by atoms with Crippen molar-refractivity contribution in [3.63, 3.8) is 0 Å². The molecule has 2 aliphatic carbocycles. The Kier molecular flexibility index (Phi) is 9.47. The number of carbonyl (C=O) groups is 5. The molecule has 3 aliphatic rings. The van der Waals surface area contributed by atoms with Gasteiger partial charge < -0.3 is 20.5 Å². The van der Waals surface area contributed by atoms with Gasteiger partial charge in [0.2, 0.25) is 5.91 Å². The zero-order chi connectivity index (χ0) is 33.6. The van der Waals surface area contributed by atoms with E-state index in [1.54, 1.807) is 36.4 Å². The van der Waals surface area contributed by atoms with Gasteiger partial charge in [-0.05, 0) is 96.5 Å². The van der Waals surface area contributed by atoms with E-state index in [4.69, 9.17) is 4.74 Å². The van der Waals surface area contributed by atoms with Crippen molar-refractivity contribution in [2.24, 2.45) is 5.92 Å². The summed E-state index contributed by atoms with van der Waals surface area (Å²) >= 11 is 0. The summed E-state index contributed by atoms with van der Waals surface area (Å²) in [5, 5.41) is 15.5. The Labute approximate surface area is 276 Å². The molecule has 2 saturated carbocycles. The van der Waals surface area contributed by atoms with Gasteiger partial charge in [-0.2, -0.15) is 0 Å². The number of phenols is 1. The SMILES string of the molecule is O=C(NC1CC1)c1ccc(-c2ccc(O)cc2)cc1.O=C(Oc1ccc(-c2ccc(NC(=O)C3CC3)cc2)cc1)ON1C(=O)CCC1=O. The summed E-state index contributed by atoms with van der Waals surface area (Å²) in [6.45, 7) is 0. The molecule has 0 radical (unpaired) electrons. The summed E-state index contributed by atoms with van der Waals surface area (Å²) in [6.07, 6.45) is 2.98. The molecule has 3 fully saturated rings. The highest BCUT2D eigenvalue weighted by molar-refractivity contribution is 6.01. The molecule has 4 amide bonds. The van der Waals surface area contributed by atoms with Crippen LogP contribution >= 0.6 is 0 Å². The van der Waals surface area contributed by atoms with Gasteiger partial charge in [0.25, 0.3) is 17.7 Å². The number of ether oxygens (including phenoxy) is 1. The molecular weight excluding hydrogens is 614 g/mol. The Hall–Kier alpha value is -5.97. The predicted octanol–water partition coefficient (Wildman–Crippen LogP) is 6.23. The summed E-state index contributed by atoms with van der Waals surface area (Å²) in [6, 6.07) is 29.0. The molecule has 1 saturated heterocycles. The van der Waals surface area contributed by atoms with Crippen molar-refractivity contribution >= 4 is 35.5 Å². The van der Waals surface area contributed by atoms with E-state index in [9.17, 15) is 29.1 Å². The number of phenolic OH excluding ortho intramolecular Hbond substituents is 1. The quantitative estimate of drug-likeness (QED) is 0.116. The Morgan fingerprint density at radius 3 is 1.69 bits per heavy atom. The van der Waals surface area contributed by atoms with Gasteiger partial charge in [0.1, 0.15) is 11.5 Å². The highest BCUT2D eigenvalue weighted by Gasteiger charge is 2.33. The smallest absolute Gasteiger partial charge is 0.508 e. The number of hydrogen-bond acceptors (Lipinski definition) is 8. The molecule has 4 aromatic carbocycles. The lowest BCUT2D eigenvalue weighted by Gasteiger charge is -2.12. The number of aromatic hydroxyl groups is 1. The minimum absolute atomic E-state index is 0.000226. The molecule has 3 N–H and O–H groups in total. The van der Waals surface area contributed by atoms with Crippen LogP contribution in [0, 0.1) is 5.92 Å². The van der Waals surface area contributed by atoms with E-state index in [0.717, 1.165) is 53.6 Å². The first kappa shape index (κ1) is 32.0. The number of hydrogen-bond donors (Lipinski definition) is 3. The predicted molar refractivity (Wildman–Crippen MR) is 175 cm³/mol. The number of carbonyl (C=O) groups excluding carboxylic acids is 5. The van der Waals surface area contributed by atoms with Crippen molar-refractivity contribution in [3.8, 4) is 33.8 Å². The van der Waals surface area contributed by atoms with E-state index >= 15 is 0 Å². The van der Waals surface area contributed by atoms with Gasteiger partial charge in [-0.15, -0.1) is 0 Å². The molecule has 7 rings (SSSR count). The van der Waals surface area contributed by atoms with Crippen molar-refractivity contribution in [1.82, 2.24) is 10.4 Å². The summed E-state index contributed by atoms with van der Waals surface area (Å²) in [5.41, 5.74) is 5.30. The summed E-state index contributed by atoms with van der Waals surface area (Å²) in [7, 11) is 0. The fourth-order valence-electron chi connectivity index (χ4n) is 4.86. The zero-order valence-electron chi connectivity index (χ0n) is 25.9. The molecule has 0 atom stereocenters. The monoisotopic (exact) mass is 647 g/mol. The average Bonchev–Trinajstić information content (AvgIpc) is 4.04. The van der Waals surface area contributed by atoms with Gasteiger partial charge in [0.05, 0.1) is 0 Å². The Balaban J connectivity index is 0.000000182. The average molecular weight is 648 g/mol. The number of nitrogens with zero attached hydrogens (tertiary/aromatic N) is 1. The van der Waals surface area contributed by atoms with Gasteiger partial charge in [0.15, 0.2) is 0 Å². The highest BCUT2D eigenvalue weighted by atomic mass is 16.8. The van der Waals surface area contributed by atoms with Crippen LogP contribution < -0.4 is 15.4 Å². The Morgan fingerprint density at radius 1 is 0.667 bits per heavy atom. The van der Waals surface area contributed by atoms with Crippen molar-refractivity contribution in [1.29, 1.82) is 0 Å². The van der Waals surface area contributed by atoms with Crippen LogP contribution in [0.4, 0.5) is 10.5 Å². The zero-order valence-corrected chi connectivity index (χ0v) is 25.9. The number of imide groups is 1. The first-order chi connectivity index (χ1) is 23.2. The van der Waals surface area contributed by atoms with Crippen LogP contribution in [0.3, 0.4) is 0 Å². The van der Waals surface area contributed by atoms with Crippen molar-refractivity contribution in [2.75, 3.05) is 5.32 Å². The second kappa shape index (κ2) is 14.2. The second-order valence-electron chi connectivity index (χ2n) is 11.8. The lowest BCUT2D eigenvalue weighted by Crippen LogP contribution is -2.33. The number of benzene rings is 4. The largest absolute Gasteiger partial charge is 0.539 e. The molecule has 0 aromatic heterocycles. The second-order valence-corrected chi connectivity index (χ2v) is 11.8. The van der Waals surface area contributed by atoms with Crippen molar-refractivity contribution < 1.29 is 38.7 Å². The number of amides is 4. The van der Waals surface area contributed by atoms with Crippen molar-refractivity contribution in [2.45, 2.75) is 44.6 Å². The van der Waals surface area contributed by atoms with Crippen molar-refractivity contribution in [3.05, 3.63) is 103 Å². The summed E-state index contributed by atoms with van der Waals surface area (Å²) in [4.78, 5) is 63.0. The molecule has 11 heteroatoms. The van der Waals surface area contributed by atoms with E-state index in [0.29, 0.717) is 16.7 Å². The van der Waals surface area contributed by atoms with E-state index in [1.165, 1.54) is 0 Å². The van der Waals surface area contributed by atoms with E-state index < -0.39 is 18.0 Å². The van der Waals surface area contributed by atoms with E-state index in [1.807, 2.05) is 60.7 Å². The van der Waals surface area contributed by atoms with Gasteiger partial charge in [-0.3, -0.25) is 24.0 Å². The van der Waals surface area contributed by atoms with Gasteiger partial charge in [0, 0.05) is 36.1 Å². The minimum Gasteiger partial charge on any atom is -0.508 e. The number of rotatable bonds is 8. The summed E-state index contributed by atoms with van der Waals surface area (Å²) in [5.74, 6) is -0.465. The minimum atomic E-state index is -1.16. The standard InChI is InChI=1S/C21H18N2O6.C16H15NO2/c24-18-11-12-19(25)23(18)29-21(27)28-17-9-5-14(6-10-17)13-3-7-16(8-4-13)22-20(26)15-1-2-15;18-15-9-5-12(6-10-15)11-1-3-13(4-2-11)16(19)17-14-7-8-14/h3-10,15H,1-2,11-12H2,(H,22,26);1-6,9-10,14,18H,7-8H2,(H,17,19). The van der Waals surface area contributed by atoms with Crippen LogP contribution in [0.2, 0.25) is 0 Å². The summed E-state index contributed by atoms with van der Waals surface area (Å²) < 4.78 is 5.00. The van der Waals surface area contributed by atoms with Gasteiger partial charge in [-0.1, -0.05) is 53.6 Å². The third-order valence-corrected chi connectivity index (χ3v) is 7.92.